The maximum Gasteiger partial charge on any atom is 0.315 e. The van der Waals surface area contributed by atoms with E-state index < -0.39 is 0 Å². The number of rotatable bonds is 6. The lowest BCUT2D eigenvalue weighted by Crippen LogP contribution is -2.45. The summed E-state index contributed by atoms with van der Waals surface area (Å²) >= 11 is 0. The van der Waals surface area contributed by atoms with Gasteiger partial charge in [-0.05, 0) is 25.0 Å². The summed E-state index contributed by atoms with van der Waals surface area (Å²) in [4.78, 5) is 23.6. The number of nitrogens with one attached hydrogen (secondary N) is 3. The first-order chi connectivity index (χ1) is 11.1. The minimum absolute atomic E-state index is 0.130. The summed E-state index contributed by atoms with van der Waals surface area (Å²) in [5.74, 6) is -0.130. The van der Waals surface area contributed by atoms with Gasteiger partial charge in [-0.2, -0.15) is 0 Å². The van der Waals surface area contributed by atoms with Crippen LogP contribution >= 0.6 is 0 Å². The fourth-order valence-electron chi connectivity index (χ4n) is 2.73. The van der Waals surface area contributed by atoms with E-state index in [1.54, 1.807) is 12.1 Å². The first-order valence-corrected chi connectivity index (χ1v) is 8.28. The predicted molar refractivity (Wildman–Crippen MR) is 91.0 cm³/mol. The average molecular weight is 318 g/mol. The number of hydrogen-bond acceptors (Lipinski definition) is 3. The molecule has 0 saturated heterocycles. The van der Waals surface area contributed by atoms with Gasteiger partial charge in [-0.15, -0.1) is 0 Å². The van der Waals surface area contributed by atoms with Crippen LogP contribution in [-0.2, 0) is 4.79 Å². The first kappa shape index (κ1) is 17.1. The number of carbonyl (C=O) groups is 2. The van der Waals surface area contributed by atoms with Crippen LogP contribution in [0.2, 0.25) is 0 Å². The lowest BCUT2D eigenvalue weighted by Gasteiger charge is -2.23. The number of para-hydroxylation sites is 1. The van der Waals surface area contributed by atoms with Crippen LogP contribution in [0, 0.1) is 0 Å². The lowest BCUT2D eigenvalue weighted by atomic mass is 9.96. The van der Waals surface area contributed by atoms with Gasteiger partial charge >= 0.3 is 6.03 Å². The Labute approximate surface area is 137 Å². The largest absolute Gasteiger partial charge is 0.338 e. The van der Waals surface area contributed by atoms with Crippen LogP contribution in [-0.4, -0.2) is 31.6 Å². The number of anilines is 1. The molecule has 1 aliphatic carbocycles. The third-order valence-corrected chi connectivity index (χ3v) is 4.01. The molecule has 0 bridgehead atoms. The van der Waals surface area contributed by atoms with Crippen LogP contribution in [0.5, 0.6) is 0 Å². The van der Waals surface area contributed by atoms with E-state index in [2.05, 4.69) is 16.1 Å². The molecule has 0 radical (unpaired) electrons. The van der Waals surface area contributed by atoms with Gasteiger partial charge < -0.3 is 10.6 Å². The number of amides is 3. The van der Waals surface area contributed by atoms with Crippen molar-refractivity contribution in [1.29, 1.82) is 0 Å². The maximum atomic E-state index is 11.9. The number of carbonyl (C=O) groups excluding carboxylic acids is 2. The second kappa shape index (κ2) is 9.02. The van der Waals surface area contributed by atoms with Gasteiger partial charge in [0.25, 0.3) is 0 Å². The summed E-state index contributed by atoms with van der Waals surface area (Å²) in [6, 6.07) is 9.67. The van der Waals surface area contributed by atoms with Crippen LogP contribution < -0.4 is 21.1 Å². The summed E-state index contributed by atoms with van der Waals surface area (Å²) in [6.45, 7) is 0.326. The fourth-order valence-corrected chi connectivity index (χ4v) is 2.73. The monoisotopic (exact) mass is 318 g/mol. The highest BCUT2D eigenvalue weighted by Crippen LogP contribution is 2.17. The molecule has 0 aliphatic heterocycles. The van der Waals surface area contributed by atoms with Crippen LogP contribution in [0.15, 0.2) is 30.3 Å². The van der Waals surface area contributed by atoms with Crippen molar-refractivity contribution in [2.24, 2.45) is 0 Å². The molecule has 1 fully saturated rings. The highest BCUT2D eigenvalue weighted by molar-refractivity contribution is 5.79. The van der Waals surface area contributed by atoms with Crippen molar-refractivity contribution in [1.82, 2.24) is 16.1 Å². The SMILES string of the molecule is CN(NC(=O)CCNC(=O)NC1CCCCC1)c1ccccc1. The first-order valence-electron chi connectivity index (χ1n) is 8.28. The van der Waals surface area contributed by atoms with E-state index >= 15 is 0 Å². The molecule has 6 heteroatoms. The van der Waals surface area contributed by atoms with E-state index in [1.165, 1.54) is 19.3 Å². The number of urea groups is 1. The Morgan fingerprint density at radius 1 is 1.13 bits per heavy atom. The second-order valence-corrected chi connectivity index (χ2v) is 5.91. The van der Waals surface area contributed by atoms with Gasteiger partial charge in [-0.1, -0.05) is 37.5 Å². The highest BCUT2D eigenvalue weighted by Gasteiger charge is 2.15. The van der Waals surface area contributed by atoms with E-state index in [0.29, 0.717) is 6.54 Å². The van der Waals surface area contributed by atoms with E-state index in [0.717, 1.165) is 18.5 Å². The Morgan fingerprint density at radius 2 is 1.83 bits per heavy atom. The molecule has 2 rings (SSSR count). The van der Waals surface area contributed by atoms with Crippen molar-refractivity contribution in [3.8, 4) is 0 Å². The van der Waals surface area contributed by atoms with E-state index in [9.17, 15) is 9.59 Å². The fraction of sp³-hybridized carbons (Fsp3) is 0.529. The molecule has 0 spiro atoms. The standard InChI is InChI=1S/C17H26N4O2/c1-21(15-10-6-3-7-11-15)20-16(22)12-13-18-17(23)19-14-8-4-2-5-9-14/h3,6-7,10-11,14H,2,4-5,8-9,12-13H2,1H3,(H,20,22)(H2,18,19,23). The molecule has 23 heavy (non-hydrogen) atoms. The van der Waals surface area contributed by atoms with Crippen LogP contribution in [0.25, 0.3) is 0 Å². The summed E-state index contributed by atoms with van der Waals surface area (Å²) in [5, 5.41) is 7.38. The summed E-state index contributed by atoms with van der Waals surface area (Å²) < 4.78 is 0. The molecule has 0 unspecified atom stereocenters. The minimum atomic E-state index is -0.180. The predicted octanol–water partition coefficient (Wildman–Crippen LogP) is 2.18. The van der Waals surface area contributed by atoms with Gasteiger partial charge in [0.2, 0.25) is 5.91 Å². The zero-order chi connectivity index (χ0) is 16.5. The molecule has 126 valence electrons. The molecule has 0 atom stereocenters. The highest BCUT2D eigenvalue weighted by atomic mass is 16.2. The Morgan fingerprint density at radius 3 is 2.52 bits per heavy atom. The van der Waals surface area contributed by atoms with Gasteiger partial charge in [-0.3, -0.25) is 15.2 Å². The van der Waals surface area contributed by atoms with Crippen LogP contribution in [0.1, 0.15) is 38.5 Å². The molecule has 1 saturated carbocycles. The van der Waals surface area contributed by atoms with Crippen LogP contribution in [0.3, 0.4) is 0 Å². The minimum Gasteiger partial charge on any atom is -0.338 e. The normalized spacial score (nSPS) is 14.8. The van der Waals surface area contributed by atoms with Gasteiger partial charge in [0.15, 0.2) is 0 Å². The van der Waals surface area contributed by atoms with Crippen molar-refractivity contribution >= 4 is 17.6 Å². The van der Waals surface area contributed by atoms with E-state index in [-0.39, 0.29) is 24.4 Å². The molecule has 6 nitrogen and oxygen atoms in total. The van der Waals surface area contributed by atoms with E-state index in [1.807, 2.05) is 30.3 Å². The number of hydrogen-bond donors (Lipinski definition) is 3. The molecule has 0 aromatic heterocycles. The lowest BCUT2D eigenvalue weighted by molar-refractivity contribution is -0.121. The van der Waals surface area contributed by atoms with E-state index in [4.69, 9.17) is 0 Å². The topological polar surface area (TPSA) is 73.5 Å². The van der Waals surface area contributed by atoms with Gasteiger partial charge in [0, 0.05) is 26.1 Å². The number of nitrogens with zero attached hydrogens (tertiary/aromatic N) is 1. The molecule has 3 N–H and O–H groups in total. The molecular formula is C17H26N4O2. The van der Waals surface area contributed by atoms with Gasteiger partial charge in [0.1, 0.15) is 0 Å². The van der Waals surface area contributed by atoms with Crippen molar-refractivity contribution in [2.75, 3.05) is 18.6 Å². The second-order valence-electron chi connectivity index (χ2n) is 5.91. The maximum absolute atomic E-state index is 11.9. The zero-order valence-electron chi connectivity index (χ0n) is 13.7. The van der Waals surface area contributed by atoms with Gasteiger partial charge in [0.05, 0.1) is 5.69 Å². The van der Waals surface area contributed by atoms with Crippen molar-refractivity contribution in [3.63, 3.8) is 0 Å². The smallest absolute Gasteiger partial charge is 0.315 e. The molecular weight excluding hydrogens is 292 g/mol. The molecule has 1 aromatic rings. The van der Waals surface area contributed by atoms with Gasteiger partial charge in [-0.25, -0.2) is 4.79 Å². The van der Waals surface area contributed by atoms with Crippen molar-refractivity contribution in [2.45, 2.75) is 44.6 Å². The zero-order valence-corrected chi connectivity index (χ0v) is 13.7. The third kappa shape index (κ3) is 6.18. The average Bonchev–Trinajstić information content (AvgIpc) is 2.56. The number of benzene rings is 1. The molecule has 1 aliphatic rings. The van der Waals surface area contributed by atoms with Crippen molar-refractivity contribution in [3.05, 3.63) is 30.3 Å². The molecule has 3 amide bonds. The van der Waals surface area contributed by atoms with Crippen molar-refractivity contribution < 1.29 is 9.59 Å². The summed E-state index contributed by atoms with van der Waals surface area (Å²) in [7, 11) is 1.79. The number of hydrazine groups is 1. The Kier molecular flexibility index (Phi) is 6.72. The Balaban J connectivity index is 1.61. The molecule has 1 aromatic carbocycles. The Hall–Kier alpha value is -2.24. The summed E-state index contributed by atoms with van der Waals surface area (Å²) in [6.07, 6.45) is 5.97. The third-order valence-electron chi connectivity index (χ3n) is 4.01. The van der Waals surface area contributed by atoms with Crippen LogP contribution in [0.4, 0.5) is 10.5 Å². The summed E-state index contributed by atoms with van der Waals surface area (Å²) in [5.41, 5.74) is 3.68. The Bertz CT molecular complexity index is 501. The molecule has 0 heterocycles. The quantitative estimate of drug-likeness (QED) is 0.704.